The van der Waals surface area contributed by atoms with Gasteiger partial charge >= 0.3 is 0 Å². The van der Waals surface area contributed by atoms with E-state index in [9.17, 15) is 4.79 Å². The molecule has 2 aromatic rings. The summed E-state index contributed by atoms with van der Waals surface area (Å²) in [6.07, 6.45) is 1.90. The highest BCUT2D eigenvalue weighted by atomic mass is 35.5. The molecular formula is C8H6ClN5OS. The third-order valence-electron chi connectivity index (χ3n) is 1.68. The number of rotatable bonds is 3. The van der Waals surface area contributed by atoms with Crippen molar-refractivity contribution in [2.75, 3.05) is 0 Å². The Bertz CT molecular complexity index is 529. The first-order valence-corrected chi connectivity index (χ1v) is 5.42. The minimum Gasteiger partial charge on any atom is -0.298 e. The van der Waals surface area contributed by atoms with E-state index in [1.807, 2.05) is 0 Å². The maximum Gasteiger partial charge on any atom is 0.214 e. The number of H-pyrrole nitrogens is 1. The van der Waals surface area contributed by atoms with E-state index >= 15 is 0 Å². The molecule has 8 heteroatoms. The van der Waals surface area contributed by atoms with Gasteiger partial charge in [-0.25, -0.2) is 15.0 Å². The van der Waals surface area contributed by atoms with Gasteiger partial charge in [0.15, 0.2) is 6.29 Å². The van der Waals surface area contributed by atoms with Gasteiger partial charge in [0.05, 0.1) is 5.56 Å². The lowest BCUT2D eigenvalue weighted by Crippen LogP contribution is -1.94. The summed E-state index contributed by atoms with van der Waals surface area (Å²) in [5.41, 5.74) is 0.247. The van der Waals surface area contributed by atoms with E-state index in [4.69, 9.17) is 11.6 Å². The quantitative estimate of drug-likeness (QED) is 0.661. The highest BCUT2D eigenvalue weighted by Crippen LogP contribution is 2.27. The molecule has 2 aromatic heterocycles. The molecule has 6 nitrogen and oxygen atoms in total. The summed E-state index contributed by atoms with van der Waals surface area (Å²) in [7, 11) is 0. The van der Waals surface area contributed by atoms with Crippen molar-refractivity contribution in [1.29, 1.82) is 0 Å². The Balaban J connectivity index is 2.34. The standard InChI is InChI=1S/C8H6ClN5OS/c1-4-12-8(14-13-4)16-7-5(2-15)6(9)10-3-11-7/h2-3H,1H3,(H,12,13,14). The molecule has 0 aliphatic heterocycles. The van der Waals surface area contributed by atoms with Gasteiger partial charge in [-0.15, -0.1) is 5.10 Å². The van der Waals surface area contributed by atoms with Gasteiger partial charge in [-0.05, 0) is 18.7 Å². The second-order valence-corrected chi connectivity index (χ2v) is 4.12. The molecule has 82 valence electrons. The molecule has 0 amide bonds. The lowest BCUT2D eigenvalue weighted by atomic mass is 10.4. The molecule has 0 fully saturated rings. The van der Waals surface area contributed by atoms with Crippen LogP contribution < -0.4 is 0 Å². The molecular weight excluding hydrogens is 250 g/mol. The van der Waals surface area contributed by atoms with Crippen molar-refractivity contribution in [3.8, 4) is 0 Å². The third kappa shape index (κ3) is 2.20. The number of carbonyl (C=O) groups excluding carboxylic acids is 1. The fourth-order valence-corrected chi connectivity index (χ4v) is 2.03. The highest BCUT2D eigenvalue weighted by Gasteiger charge is 2.12. The average Bonchev–Trinajstić information content (AvgIpc) is 2.64. The Morgan fingerprint density at radius 1 is 1.50 bits per heavy atom. The zero-order chi connectivity index (χ0) is 11.5. The van der Waals surface area contributed by atoms with Crippen molar-refractivity contribution in [2.45, 2.75) is 17.1 Å². The van der Waals surface area contributed by atoms with Crippen LogP contribution in [0.25, 0.3) is 0 Å². The first-order valence-electron chi connectivity index (χ1n) is 4.23. The summed E-state index contributed by atoms with van der Waals surface area (Å²) < 4.78 is 0. The summed E-state index contributed by atoms with van der Waals surface area (Å²) in [5.74, 6) is 0.690. The Morgan fingerprint density at radius 2 is 2.31 bits per heavy atom. The predicted molar refractivity (Wildman–Crippen MR) is 57.7 cm³/mol. The highest BCUT2D eigenvalue weighted by molar-refractivity contribution is 7.99. The first-order chi connectivity index (χ1) is 7.70. The number of aromatic amines is 1. The van der Waals surface area contributed by atoms with E-state index in [2.05, 4.69) is 25.1 Å². The fraction of sp³-hybridized carbons (Fsp3) is 0.125. The van der Waals surface area contributed by atoms with E-state index in [-0.39, 0.29) is 10.7 Å². The molecule has 0 atom stereocenters. The van der Waals surface area contributed by atoms with E-state index in [1.54, 1.807) is 6.92 Å². The number of hydrogen-bond donors (Lipinski definition) is 1. The number of aldehydes is 1. The SMILES string of the molecule is Cc1nc(Sc2ncnc(Cl)c2C=O)n[nH]1. The minimum atomic E-state index is 0.125. The van der Waals surface area contributed by atoms with Crippen LogP contribution in [0.3, 0.4) is 0 Å². The number of carbonyl (C=O) groups is 1. The number of nitrogens with one attached hydrogen (secondary N) is 1. The molecule has 0 radical (unpaired) electrons. The van der Waals surface area contributed by atoms with Crippen LogP contribution in [-0.2, 0) is 0 Å². The van der Waals surface area contributed by atoms with E-state index in [1.165, 1.54) is 6.33 Å². The topological polar surface area (TPSA) is 84.4 Å². The Kier molecular flexibility index (Phi) is 3.16. The summed E-state index contributed by atoms with van der Waals surface area (Å²) in [6.45, 7) is 1.78. The average molecular weight is 256 g/mol. The predicted octanol–water partition coefficient (Wildman–Crippen LogP) is 1.52. The van der Waals surface area contributed by atoms with Gasteiger partial charge in [0.25, 0.3) is 0 Å². The van der Waals surface area contributed by atoms with E-state index in [0.29, 0.717) is 22.3 Å². The second kappa shape index (κ2) is 4.58. The maximum atomic E-state index is 10.8. The molecule has 0 spiro atoms. The zero-order valence-corrected chi connectivity index (χ0v) is 9.71. The summed E-state index contributed by atoms with van der Waals surface area (Å²) in [5, 5.41) is 7.66. The van der Waals surface area contributed by atoms with Gasteiger partial charge in [-0.2, -0.15) is 0 Å². The molecule has 2 heterocycles. The number of nitrogens with zero attached hydrogens (tertiary/aromatic N) is 4. The van der Waals surface area contributed by atoms with Gasteiger partial charge in [0, 0.05) is 0 Å². The molecule has 16 heavy (non-hydrogen) atoms. The number of hydrogen-bond acceptors (Lipinski definition) is 6. The monoisotopic (exact) mass is 255 g/mol. The molecule has 0 unspecified atom stereocenters. The Hall–Kier alpha value is -1.47. The van der Waals surface area contributed by atoms with Crippen LogP contribution in [0.1, 0.15) is 16.2 Å². The normalized spacial score (nSPS) is 10.4. The maximum absolute atomic E-state index is 10.8. The van der Waals surface area contributed by atoms with Crippen molar-refractivity contribution < 1.29 is 4.79 Å². The van der Waals surface area contributed by atoms with Crippen LogP contribution in [0.15, 0.2) is 16.5 Å². The van der Waals surface area contributed by atoms with Crippen LogP contribution in [0.5, 0.6) is 0 Å². The lowest BCUT2D eigenvalue weighted by Gasteiger charge is -2.00. The van der Waals surface area contributed by atoms with Crippen LogP contribution in [0.2, 0.25) is 5.15 Å². The number of halogens is 1. The summed E-state index contributed by atoms with van der Waals surface area (Å²) >= 11 is 6.91. The molecule has 0 saturated heterocycles. The molecule has 0 aliphatic carbocycles. The van der Waals surface area contributed by atoms with Crippen LogP contribution in [0.4, 0.5) is 0 Å². The largest absolute Gasteiger partial charge is 0.298 e. The van der Waals surface area contributed by atoms with Gasteiger partial charge in [0.2, 0.25) is 5.16 Å². The molecule has 2 rings (SSSR count). The zero-order valence-electron chi connectivity index (χ0n) is 8.14. The van der Waals surface area contributed by atoms with Gasteiger partial charge < -0.3 is 0 Å². The second-order valence-electron chi connectivity index (χ2n) is 2.81. The van der Waals surface area contributed by atoms with Gasteiger partial charge in [0.1, 0.15) is 22.3 Å². The Morgan fingerprint density at radius 3 is 2.94 bits per heavy atom. The van der Waals surface area contributed by atoms with Crippen LogP contribution in [-0.4, -0.2) is 31.4 Å². The van der Waals surface area contributed by atoms with Crippen molar-refractivity contribution in [3.05, 3.63) is 22.9 Å². The number of aryl methyl sites for hydroxylation is 1. The third-order valence-corrected chi connectivity index (χ3v) is 2.87. The number of aromatic nitrogens is 5. The minimum absolute atomic E-state index is 0.125. The van der Waals surface area contributed by atoms with Crippen molar-refractivity contribution >= 4 is 29.6 Å². The van der Waals surface area contributed by atoms with Crippen molar-refractivity contribution in [3.63, 3.8) is 0 Å². The first kappa shape index (κ1) is 11.0. The Labute approximate surface area is 99.9 Å². The van der Waals surface area contributed by atoms with E-state index < -0.39 is 0 Å². The smallest absolute Gasteiger partial charge is 0.214 e. The molecule has 0 bridgehead atoms. The molecule has 0 aromatic carbocycles. The van der Waals surface area contributed by atoms with Gasteiger partial charge in [-0.1, -0.05) is 11.6 Å². The van der Waals surface area contributed by atoms with Crippen molar-refractivity contribution in [1.82, 2.24) is 25.1 Å². The van der Waals surface area contributed by atoms with Crippen LogP contribution >= 0.6 is 23.4 Å². The fourth-order valence-electron chi connectivity index (χ4n) is 0.994. The van der Waals surface area contributed by atoms with E-state index in [0.717, 1.165) is 11.8 Å². The van der Waals surface area contributed by atoms with Crippen molar-refractivity contribution in [2.24, 2.45) is 0 Å². The summed E-state index contributed by atoms with van der Waals surface area (Å²) in [6, 6.07) is 0. The van der Waals surface area contributed by atoms with Gasteiger partial charge in [-0.3, -0.25) is 9.89 Å². The molecule has 1 N–H and O–H groups in total. The molecule has 0 saturated carbocycles. The molecule has 0 aliphatic rings. The van der Waals surface area contributed by atoms with Crippen LogP contribution in [0, 0.1) is 6.92 Å². The summed E-state index contributed by atoms with van der Waals surface area (Å²) in [4.78, 5) is 22.6. The lowest BCUT2D eigenvalue weighted by molar-refractivity contribution is 0.112.